The first-order chi connectivity index (χ1) is 7.05. The Balaban J connectivity index is 1.71. The maximum absolute atomic E-state index is 12.4. The first-order valence-electron chi connectivity index (χ1n) is 5.88. The van der Waals surface area contributed by atoms with E-state index < -0.39 is 12.1 Å². The molecule has 0 aromatic heterocycles. The van der Waals surface area contributed by atoms with Gasteiger partial charge in [0.2, 0.25) is 0 Å². The van der Waals surface area contributed by atoms with Crippen LogP contribution < -0.4 is 5.32 Å². The summed E-state index contributed by atoms with van der Waals surface area (Å²) in [6.07, 6.45) is 1.73. The molecule has 1 nitrogen and oxygen atoms in total. The van der Waals surface area contributed by atoms with Gasteiger partial charge in [-0.05, 0) is 38.5 Å². The average Bonchev–Trinajstić information content (AvgIpc) is 2.11. The molecule has 15 heavy (non-hydrogen) atoms. The monoisotopic (exact) mass is 221 g/mol. The van der Waals surface area contributed by atoms with E-state index in [2.05, 4.69) is 5.32 Å². The first kappa shape index (κ1) is 11.2. The summed E-state index contributed by atoms with van der Waals surface area (Å²) in [5.41, 5.74) is 0. The molecular formula is C11H18F3N. The lowest BCUT2D eigenvalue weighted by Crippen LogP contribution is -2.45. The van der Waals surface area contributed by atoms with Crippen LogP contribution in [0.25, 0.3) is 0 Å². The van der Waals surface area contributed by atoms with Crippen molar-refractivity contribution in [2.45, 2.75) is 63.2 Å². The molecule has 0 radical (unpaired) electrons. The van der Waals surface area contributed by atoms with Crippen molar-refractivity contribution in [3.8, 4) is 0 Å². The van der Waals surface area contributed by atoms with E-state index in [-0.39, 0.29) is 0 Å². The lowest BCUT2D eigenvalue weighted by atomic mass is 9.84. The zero-order valence-corrected chi connectivity index (χ0v) is 8.82. The van der Waals surface area contributed by atoms with Crippen LogP contribution in [0.5, 0.6) is 0 Å². The molecule has 0 aromatic rings. The summed E-state index contributed by atoms with van der Waals surface area (Å²) in [6, 6.07) is 0.936. The molecule has 88 valence electrons. The van der Waals surface area contributed by atoms with E-state index in [1.165, 1.54) is 19.3 Å². The number of alkyl halides is 3. The second-order valence-electron chi connectivity index (χ2n) is 4.88. The lowest BCUT2D eigenvalue weighted by molar-refractivity contribution is -0.182. The molecule has 0 aliphatic heterocycles. The third-order valence-corrected chi connectivity index (χ3v) is 3.77. The van der Waals surface area contributed by atoms with Gasteiger partial charge in [0.05, 0.1) is 5.92 Å². The smallest absolute Gasteiger partial charge is 0.311 e. The van der Waals surface area contributed by atoms with Crippen molar-refractivity contribution in [3.05, 3.63) is 0 Å². The standard InChI is InChI=1S/C11H18F3N/c12-11(13,14)8-4-6-10(7-5-8)15-9-2-1-3-9/h8-10,15H,1-7H2. The van der Waals surface area contributed by atoms with E-state index in [0.717, 1.165) is 0 Å². The van der Waals surface area contributed by atoms with Crippen molar-refractivity contribution in [2.24, 2.45) is 5.92 Å². The summed E-state index contributed by atoms with van der Waals surface area (Å²) in [4.78, 5) is 0. The Morgan fingerprint density at radius 1 is 0.800 bits per heavy atom. The van der Waals surface area contributed by atoms with E-state index in [9.17, 15) is 13.2 Å². The van der Waals surface area contributed by atoms with Gasteiger partial charge in [0.25, 0.3) is 0 Å². The highest BCUT2D eigenvalue weighted by molar-refractivity contribution is 4.85. The molecule has 2 aliphatic rings. The van der Waals surface area contributed by atoms with Crippen molar-refractivity contribution >= 4 is 0 Å². The maximum atomic E-state index is 12.4. The van der Waals surface area contributed by atoms with E-state index in [0.29, 0.717) is 37.8 Å². The predicted octanol–water partition coefficient (Wildman–Crippen LogP) is 3.25. The Bertz CT molecular complexity index is 202. The van der Waals surface area contributed by atoms with E-state index in [1.54, 1.807) is 0 Å². The minimum Gasteiger partial charge on any atom is -0.311 e. The molecule has 0 unspecified atom stereocenters. The van der Waals surface area contributed by atoms with Crippen molar-refractivity contribution < 1.29 is 13.2 Å². The molecule has 0 atom stereocenters. The fraction of sp³-hybridized carbons (Fsp3) is 1.00. The number of hydrogen-bond donors (Lipinski definition) is 1. The summed E-state index contributed by atoms with van der Waals surface area (Å²) in [5.74, 6) is -1.04. The molecular weight excluding hydrogens is 203 g/mol. The van der Waals surface area contributed by atoms with Crippen LogP contribution in [0.15, 0.2) is 0 Å². The Kier molecular flexibility index (Phi) is 3.24. The third kappa shape index (κ3) is 2.86. The van der Waals surface area contributed by atoms with Gasteiger partial charge in [-0.1, -0.05) is 6.42 Å². The van der Waals surface area contributed by atoms with Crippen molar-refractivity contribution in [1.29, 1.82) is 0 Å². The molecule has 1 N–H and O–H groups in total. The molecule has 2 fully saturated rings. The number of hydrogen-bond acceptors (Lipinski definition) is 1. The van der Waals surface area contributed by atoms with Crippen LogP contribution in [0, 0.1) is 5.92 Å². The minimum absolute atomic E-state index is 0.313. The quantitative estimate of drug-likeness (QED) is 0.754. The largest absolute Gasteiger partial charge is 0.391 e. The van der Waals surface area contributed by atoms with Gasteiger partial charge < -0.3 is 5.32 Å². The molecule has 0 saturated heterocycles. The Hall–Kier alpha value is -0.250. The summed E-state index contributed by atoms with van der Waals surface area (Å²) < 4.78 is 37.2. The van der Waals surface area contributed by atoms with Gasteiger partial charge in [0.1, 0.15) is 0 Å². The molecule has 0 spiro atoms. The van der Waals surface area contributed by atoms with Gasteiger partial charge in [-0.25, -0.2) is 0 Å². The molecule has 2 rings (SSSR count). The molecule has 0 aromatic carbocycles. The lowest BCUT2D eigenvalue weighted by Gasteiger charge is -2.36. The zero-order valence-electron chi connectivity index (χ0n) is 8.82. The van der Waals surface area contributed by atoms with E-state index in [1.807, 2.05) is 0 Å². The molecule has 4 heteroatoms. The van der Waals surface area contributed by atoms with Gasteiger partial charge in [-0.15, -0.1) is 0 Å². The van der Waals surface area contributed by atoms with Crippen LogP contribution in [0.4, 0.5) is 13.2 Å². The van der Waals surface area contributed by atoms with Crippen molar-refractivity contribution in [2.75, 3.05) is 0 Å². The van der Waals surface area contributed by atoms with Crippen LogP contribution in [-0.4, -0.2) is 18.3 Å². The van der Waals surface area contributed by atoms with Gasteiger partial charge in [-0.2, -0.15) is 13.2 Å². The molecule has 0 heterocycles. The van der Waals surface area contributed by atoms with Gasteiger partial charge in [0.15, 0.2) is 0 Å². The van der Waals surface area contributed by atoms with E-state index in [4.69, 9.17) is 0 Å². The van der Waals surface area contributed by atoms with Gasteiger partial charge in [-0.3, -0.25) is 0 Å². The Labute approximate surface area is 88.4 Å². The van der Waals surface area contributed by atoms with E-state index >= 15 is 0 Å². The number of nitrogens with one attached hydrogen (secondary N) is 1. The summed E-state index contributed by atoms with van der Waals surface area (Å²) in [7, 11) is 0. The SMILES string of the molecule is FC(F)(F)C1CCC(NC2CCC2)CC1. The van der Waals surface area contributed by atoms with Crippen LogP contribution in [0.1, 0.15) is 44.9 Å². The van der Waals surface area contributed by atoms with Gasteiger partial charge >= 0.3 is 6.18 Å². The normalized spacial score (nSPS) is 33.8. The second kappa shape index (κ2) is 4.32. The molecule has 0 bridgehead atoms. The van der Waals surface area contributed by atoms with Gasteiger partial charge in [0, 0.05) is 12.1 Å². The predicted molar refractivity (Wildman–Crippen MR) is 52.6 cm³/mol. The molecule has 2 aliphatic carbocycles. The average molecular weight is 221 g/mol. The van der Waals surface area contributed by atoms with Crippen molar-refractivity contribution in [1.82, 2.24) is 5.32 Å². The highest BCUT2D eigenvalue weighted by Crippen LogP contribution is 2.37. The molecule has 2 saturated carbocycles. The number of halogens is 3. The van der Waals surface area contributed by atoms with Crippen LogP contribution in [0.2, 0.25) is 0 Å². The van der Waals surface area contributed by atoms with Crippen LogP contribution >= 0.6 is 0 Å². The zero-order chi connectivity index (χ0) is 10.9. The van der Waals surface area contributed by atoms with Crippen LogP contribution in [0.3, 0.4) is 0 Å². The summed E-state index contributed by atoms with van der Waals surface area (Å²) >= 11 is 0. The topological polar surface area (TPSA) is 12.0 Å². The molecule has 0 amide bonds. The third-order valence-electron chi connectivity index (χ3n) is 3.77. The Morgan fingerprint density at radius 3 is 1.73 bits per heavy atom. The highest BCUT2D eigenvalue weighted by Gasteiger charge is 2.41. The maximum Gasteiger partial charge on any atom is 0.391 e. The number of rotatable bonds is 2. The summed E-state index contributed by atoms with van der Waals surface area (Å²) in [6.45, 7) is 0. The van der Waals surface area contributed by atoms with Crippen LogP contribution in [-0.2, 0) is 0 Å². The fourth-order valence-corrected chi connectivity index (χ4v) is 2.50. The summed E-state index contributed by atoms with van der Waals surface area (Å²) in [5, 5.41) is 3.46. The Morgan fingerprint density at radius 2 is 1.33 bits per heavy atom. The minimum atomic E-state index is -3.97. The first-order valence-corrected chi connectivity index (χ1v) is 5.88. The van der Waals surface area contributed by atoms with Crippen molar-refractivity contribution in [3.63, 3.8) is 0 Å². The fourth-order valence-electron chi connectivity index (χ4n) is 2.50. The second-order valence-corrected chi connectivity index (χ2v) is 4.88. The highest BCUT2D eigenvalue weighted by atomic mass is 19.4.